The summed E-state index contributed by atoms with van der Waals surface area (Å²) >= 11 is 0. The fourth-order valence-electron chi connectivity index (χ4n) is 2.55. The molecule has 1 atom stereocenters. The van der Waals surface area contributed by atoms with Crippen LogP contribution in [0.1, 0.15) is 44.9 Å². The molecule has 0 radical (unpaired) electrons. The second-order valence-corrected chi connectivity index (χ2v) is 4.31. The Morgan fingerprint density at radius 2 is 1.27 bits per heavy atom. The third kappa shape index (κ3) is 1.44. The predicted octanol–water partition coefficient (Wildman–Crippen LogP) is 2.30. The fraction of sp³-hybridized carbons (Fsp3) is 1.00. The molecule has 0 heterocycles. The highest BCUT2D eigenvalue weighted by Gasteiger charge is 2.31. The predicted molar refractivity (Wildman–Crippen MR) is 47.3 cm³/mol. The van der Waals surface area contributed by atoms with Crippen LogP contribution in [0.5, 0.6) is 0 Å². The Balaban J connectivity index is 1.82. The van der Waals surface area contributed by atoms with Gasteiger partial charge in [0.15, 0.2) is 0 Å². The fourth-order valence-corrected chi connectivity index (χ4v) is 2.55. The Kier molecular flexibility index (Phi) is 2.17. The van der Waals surface area contributed by atoms with Gasteiger partial charge in [-0.1, -0.05) is 19.3 Å². The molecule has 1 heteroatoms. The minimum absolute atomic E-state index is 0.561. The van der Waals surface area contributed by atoms with E-state index in [0.717, 1.165) is 11.8 Å². The molecule has 0 bridgehead atoms. The quantitative estimate of drug-likeness (QED) is 0.647. The maximum absolute atomic E-state index is 6.18. The van der Waals surface area contributed by atoms with E-state index >= 15 is 0 Å². The van der Waals surface area contributed by atoms with Crippen molar-refractivity contribution in [1.29, 1.82) is 0 Å². The van der Waals surface area contributed by atoms with Crippen molar-refractivity contribution in [3.8, 4) is 0 Å². The van der Waals surface area contributed by atoms with Crippen molar-refractivity contribution in [3.05, 3.63) is 0 Å². The zero-order chi connectivity index (χ0) is 7.68. The average molecular weight is 153 g/mol. The van der Waals surface area contributed by atoms with Crippen LogP contribution < -0.4 is 5.73 Å². The molecular weight excluding hydrogens is 134 g/mol. The van der Waals surface area contributed by atoms with E-state index in [1.54, 1.807) is 0 Å². The van der Waals surface area contributed by atoms with Gasteiger partial charge in [-0.25, -0.2) is 0 Å². The second kappa shape index (κ2) is 3.14. The first-order valence-corrected chi connectivity index (χ1v) is 5.13. The number of nitrogens with two attached hydrogens (primary N) is 1. The zero-order valence-corrected chi connectivity index (χ0v) is 7.26. The molecule has 0 amide bonds. The second-order valence-electron chi connectivity index (χ2n) is 4.31. The monoisotopic (exact) mass is 153 g/mol. The van der Waals surface area contributed by atoms with Crippen molar-refractivity contribution in [2.24, 2.45) is 17.6 Å². The molecule has 64 valence electrons. The molecule has 1 nitrogen and oxygen atoms in total. The van der Waals surface area contributed by atoms with Gasteiger partial charge < -0.3 is 5.73 Å². The van der Waals surface area contributed by atoms with Crippen LogP contribution in [-0.2, 0) is 0 Å². The average Bonchev–Trinajstić information content (AvgIpc) is 2.32. The van der Waals surface area contributed by atoms with Gasteiger partial charge in [0.05, 0.1) is 0 Å². The molecule has 2 N–H and O–H groups in total. The molecule has 11 heavy (non-hydrogen) atoms. The van der Waals surface area contributed by atoms with Crippen molar-refractivity contribution in [1.82, 2.24) is 0 Å². The molecule has 2 aliphatic rings. The molecule has 0 aromatic rings. The van der Waals surface area contributed by atoms with Gasteiger partial charge in [-0.3, -0.25) is 0 Å². The SMILES string of the molecule is N[C@H](C1CCCC1)C1CCC1. The lowest BCUT2D eigenvalue weighted by atomic mass is 9.75. The van der Waals surface area contributed by atoms with Gasteiger partial charge in [-0.2, -0.15) is 0 Å². The van der Waals surface area contributed by atoms with Gasteiger partial charge in [0.1, 0.15) is 0 Å². The zero-order valence-electron chi connectivity index (χ0n) is 7.26. The van der Waals surface area contributed by atoms with E-state index < -0.39 is 0 Å². The van der Waals surface area contributed by atoms with Crippen molar-refractivity contribution in [2.75, 3.05) is 0 Å². The van der Waals surface area contributed by atoms with Gasteiger partial charge in [-0.15, -0.1) is 0 Å². The minimum atomic E-state index is 0.561. The van der Waals surface area contributed by atoms with Crippen molar-refractivity contribution < 1.29 is 0 Å². The van der Waals surface area contributed by atoms with E-state index in [1.807, 2.05) is 0 Å². The summed E-state index contributed by atoms with van der Waals surface area (Å²) in [5, 5.41) is 0. The molecule has 0 aliphatic heterocycles. The van der Waals surface area contributed by atoms with Crippen molar-refractivity contribution >= 4 is 0 Å². The third-order valence-electron chi connectivity index (χ3n) is 3.64. The summed E-state index contributed by atoms with van der Waals surface area (Å²) in [6, 6.07) is 0.561. The molecule has 0 aromatic carbocycles. The lowest BCUT2D eigenvalue weighted by Gasteiger charge is -2.34. The highest BCUT2D eigenvalue weighted by molar-refractivity contribution is 4.87. The Hall–Kier alpha value is -0.0400. The summed E-state index contributed by atoms with van der Waals surface area (Å²) in [6.07, 6.45) is 9.96. The Morgan fingerprint density at radius 1 is 0.818 bits per heavy atom. The smallest absolute Gasteiger partial charge is 0.00956 e. The lowest BCUT2D eigenvalue weighted by Crippen LogP contribution is -2.39. The van der Waals surface area contributed by atoms with Gasteiger partial charge >= 0.3 is 0 Å². The third-order valence-corrected chi connectivity index (χ3v) is 3.64. The molecule has 0 aromatic heterocycles. The maximum atomic E-state index is 6.18. The topological polar surface area (TPSA) is 26.0 Å². The molecule has 0 saturated heterocycles. The molecule has 2 rings (SSSR count). The molecular formula is C10H19N. The summed E-state index contributed by atoms with van der Waals surface area (Å²) in [7, 11) is 0. The first-order valence-electron chi connectivity index (χ1n) is 5.13. The number of hydrogen-bond acceptors (Lipinski definition) is 1. The molecule has 0 spiro atoms. The van der Waals surface area contributed by atoms with Crippen LogP contribution in [0.25, 0.3) is 0 Å². The Labute approximate surface area is 69.4 Å². The van der Waals surface area contributed by atoms with E-state index in [4.69, 9.17) is 5.73 Å². The first-order chi connectivity index (χ1) is 5.38. The number of hydrogen-bond donors (Lipinski definition) is 1. The molecule has 2 fully saturated rings. The van der Waals surface area contributed by atoms with Gasteiger partial charge in [0, 0.05) is 6.04 Å². The summed E-state index contributed by atoms with van der Waals surface area (Å²) < 4.78 is 0. The summed E-state index contributed by atoms with van der Waals surface area (Å²) in [4.78, 5) is 0. The Morgan fingerprint density at radius 3 is 1.64 bits per heavy atom. The van der Waals surface area contributed by atoms with Crippen LogP contribution in [-0.4, -0.2) is 6.04 Å². The van der Waals surface area contributed by atoms with Crippen LogP contribution in [0.3, 0.4) is 0 Å². The molecule has 2 aliphatic carbocycles. The van der Waals surface area contributed by atoms with Gasteiger partial charge in [0.25, 0.3) is 0 Å². The van der Waals surface area contributed by atoms with Gasteiger partial charge in [0.2, 0.25) is 0 Å². The largest absolute Gasteiger partial charge is 0.327 e. The number of rotatable bonds is 2. The highest BCUT2D eigenvalue weighted by atomic mass is 14.7. The van der Waals surface area contributed by atoms with E-state index in [9.17, 15) is 0 Å². The first kappa shape index (κ1) is 7.60. The van der Waals surface area contributed by atoms with E-state index in [2.05, 4.69) is 0 Å². The molecule has 2 saturated carbocycles. The van der Waals surface area contributed by atoms with Crippen molar-refractivity contribution in [3.63, 3.8) is 0 Å². The van der Waals surface area contributed by atoms with Crippen molar-refractivity contribution in [2.45, 2.75) is 51.0 Å². The maximum Gasteiger partial charge on any atom is 0.00956 e. The van der Waals surface area contributed by atoms with Crippen LogP contribution in [0.15, 0.2) is 0 Å². The van der Waals surface area contributed by atoms with E-state index in [1.165, 1.54) is 44.9 Å². The van der Waals surface area contributed by atoms with Crippen LogP contribution >= 0.6 is 0 Å². The Bertz CT molecular complexity index is 123. The van der Waals surface area contributed by atoms with Crippen LogP contribution in [0.2, 0.25) is 0 Å². The summed E-state index contributed by atoms with van der Waals surface area (Å²) in [5.41, 5.74) is 6.18. The van der Waals surface area contributed by atoms with E-state index in [-0.39, 0.29) is 0 Å². The van der Waals surface area contributed by atoms with E-state index in [0.29, 0.717) is 6.04 Å². The minimum Gasteiger partial charge on any atom is -0.327 e. The highest BCUT2D eigenvalue weighted by Crippen LogP contribution is 2.37. The normalized spacial score (nSPS) is 30.3. The molecule has 0 unspecified atom stereocenters. The lowest BCUT2D eigenvalue weighted by molar-refractivity contribution is 0.209. The van der Waals surface area contributed by atoms with Gasteiger partial charge in [-0.05, 0) is 37.5 Å². The summed E-state index contributed by atoms with van der Waals surface area (Å²) in [6.45, 7) is 0. The standard InChI is InChI=1S/C10H19N/c11-10(9-6-3-7-9)8-4-1-2-5-8/h8-10H,1-7,11H2/t10-/m1/s1. The van der Waals surface area contributed by atoms with Crippen LogP contribution in [0.4, 0.5) is 0 Å². The van der Waals surface area contributed by atoms with Crippen LogP contribution in [0, 0.1) is 11.8 Å². The summed E-state index contributed by atoms with van der Waals surface area (Å²) in [5.74, 6) is 1.79.